The fourth-order valence-electron chi connectivity index (χ4n) is 4.27. The van der Waals surface area contributed by atoms with Crippen molar-refractivity contribution < 1.29 is 9.90 Å². The van der Waals surface area contributed by atoms with Crippen molar-refractivity contribution >= 4 is 5.97 Å². The molecule has 2 nitrogen and oxygen atoms in total. The normalized spacial score (nSPS) is 43.0. The summed E-state index contributed by atoms with van der Waals surface area (Å²) in [7, 11) is 0. The molecule has 90 valence electrons. The minimum Gasteiger partial charge on any atom is -0.481 e. The summed E-state index contributed by atoms with van der Waals surface area (Å²) in [5.74, 6) is 1.77. The zero-order valence-electron chi connectivity index (χ0n) is 9.95. The number of carboxylic acids is 1. The fourth-order valence-corrected chi connectivity index (χ4v) is 4.27. The largest absolute Gasteiger partial charge is 0.481 e. The van der Waals surface area contributed by atoms with E-state index >= 15 is 0 Å². The fraction of sp³-hybridized carbons (Fsp3) is 0.929. The van der Waals surface area contributed by atoms with Gasteiger partial charge in [-0.2, -0.15) is 0 Å². The van der Waals surface area contributed by atoms with E-state index in [0.29, 0.717) is 5.92 Å². The Morgan fingerprint density at radius 3 is 2.31 bits per heavy atom. The van der Waals surface area contributed by atoms with E-state index in [1.54, 1.807) is 0 Å². The molecule has 0 aromatic rings. The van der Waals surface area contributed by atoms with Crippen LogP contribution in [0.1, 0.15) is 57.8 Å². The highest BCUT2D eigenvalue weighted by molar-refractivity contribution is 5.75. The van der Waals surface area contributed by atoms with E-state index in [-0.39, 0.29) is 5.41 Å². The molecule has 2 atom stereocenters. The van der Waals surface area contributed by atoms with Crippen LogP contribution in [0.5, 0.6) is 0 Å². The van der Waals surface area contributed by atoms with Crippen molar-refractivity contribution in [1.82, 2.24) is 0 Å². The predicted octanol–water partition coefficient (Wildman–Crippen LogP) is 3.46. The third kappa shape index (κ3) is 1.76. The SMILES string of the molecule is O=C(O)C1(CC2CCCCC2)CC2CC2C1. The lowest BCUT2D eigenvalue weighted by Crippen LogP contribution is -2.32. The van der Waals surface area contributed by atoms with Crippen molar-refractivity contribution in [3.8, 4) is 0 Å². The summed E-state index contributed by atoms with van der Waals surface area (Å²) >= 11 is 0. The Labute approximate surface area is 97.4 Å². The van der Waals surface area contributed by atoms with E-state index < -0.39 is 5.97 Å². The lowest BCUT2D eigenvalue weighted by molar-refractivity contribution is -0.150. The highest BCUT2D eigenvalue weighted by Gasteiger charge is 2.57. The van der Waals surface area contributed by atoms with E-state index in [4.69, 9.17) is 0 Å². The second-order valence-corrected chi connectivity index (χ2v) is 6.46. The number of carbonyl (C=O) groups is 1. The minimum absolute atomic E-state index is 0.310. The highest BCUT2D eigenvalue weighted by Crippen LogP contribution is 2.62. The standard InChI is InChI=1S/C14H22O2/c15-13(16)14(8-11-6-12(11)9-14)7-10-4-2-1-3-5-10/h10-12H,1-9H2,(H,15,16). The van der Waals surface area contributed by atoms with E-state index in [0.717, 1.165) is 31.1 Å². The summed E-state index contributed by atoms with van der Waals surface area (Å²) in [6.07, 6.45) is 10.9. The van der Waals surface area contributed by atoms with Gasteiger partial charge in [-0.25, -0.2) is 0 Å². The molecule has 3 aliphatic rings. The Hall–Kier alpha value is -0.530. The van der Waals surface area contributed by atoms with Gasteiger partial charge in [-0.1, -0.05) is 32.1 Å². The first-order valence-electron chi connectivity index (χ1n) is 6.93. The summed E-state index contributed by atoms with van der Waals surface area (Å²) in [5, 5.41) is 9.53. The predicted molar refractivity (Wildman–Crippen MR) is 62.1 cm³/mol. The van der Waals surface area contributed by atoms with Crippen molar-refractivity contribution in [1.29, 1.82) is 0 Å². The zero-order chi connectivity index (χ0) is 11.2. The Morgan fingerprint density at radius 1 is 1.12 bits per heavy atom. The van der Waals surface area contributed by atoms with Crippen molar-refractivity contribution in [3.63, 3.8) is 0 Å². The summed E-state index contributed by atoms with van der Waals surface area (Å²) in [5.41, 5.74) is -0.310. The molecule has 0 aliphatic heterocycles. The van der Waals surface area contributed by atoms with Gasteiger partial charge in [0.05, 0.1) is 5.41 Å². The van der Waals surface area contributed by atoms with Gasteiger partial charge in [0.25, 0.3) is 0 Å². The van der Waals surface area contributed by atoms with Crippen LogP contribution in [0.25, 0.3) is 0 Å². The van der Waals surface area contributed by atoms with E-state index in [1.807, 2.05) is 0 Å². The van der Waals surface area contributed by atoms with Crippen LogP contribution in [0, 0.1) is 23.2 Å². The molecule has 0 saturated heterocycles. The lowest BCUT2D eigenvalue weighted by Gasteiger charge is -2.32. The van der Waals surface area contributed by atoms with Crippen LogP contribution in [0.3, 0.4) is 0 Å². The molecule has 16 heavy (non-hydrogen) atoms. The Morgan fingerprint density at radius 2 is 1.75 bits per heavy atom. The molecule has 3 saturated carbocycles. The zero-order valence-corrected chi connectivity index (χ0v) is 9.95. The van der Waals surface area contributed by atoms with Crippen molar-refractivity contribution in [2.45, 2.75) is 57.8 Å². The quantitative estimate of drug-likeness (QED) is 0.794. The molecule has 0 spiro atoms. The van der Waals surface area contributed by atoms with Crippen LogP contribution in [0.2, 0.25) is 0 Å². The number of aliphatic carboxylic acids is 1. The van der Waals surface area contributed by atoms with Gasteiger partial charge in [-0.05, 0) is 43.4 Å². The van der Waals surface area contributed by atoms with Gasteiger partial charge in [0, 0.05) is 0 Å². The van der Waals surface area contributed by atoms with Crippen LogP contribution in [0.4, 0.5) is 0 Å². The molecule has 0 aromatic heterocycles. The maximum absolute atomic E-state index is 11.6. The first kappa shape index (κ1) is 10.6. The average Bonchev–Trinajstić information content (AvgIpc) is 2.88. The van der Waals surface area contributed by atoms with Crippen molar-refractivity contribution in [2.75, 3.05) is 0 Å². The number of hydrogen-bond acceptors (Lipinski definition) is 1. The molecule has 0 aromatic carbocycles. The molecular weight excluding hydrogens is 200 g/mol. The van der Waals surface area contributed by atoms with Crippen LogP contribution in [-0.2, 0) is 4.79 Å². The Bertz CT molecular complexity index is 281. The first-order valence-corrected chi connectivity index (χ1v) is 6.93. The summed E-state index contributed by atoms with van der Waals surface area (Å²) in [6, 6.07) is 0. The number of carboxylic acid groups (broad SMARTS) is 1. The van der Waals surface area contributed by atoms with Gasteiger partial charge in [-0.15, -0.1) is 0 Å². The van der Waals surface area contributed by atoms with E-state index in [1.165, 1.54) is 38.5 Å². The van der Waals surface area contributed by atoms with Gasteiger partial charge >= 0.3 is 5.97 Å². The maximum atomic E-state index is 11.6. The Balaban J connectivity index is 1.67. The smallest absolute Gasteiger partial charge is 0.309 e. The second-order valence-electron chi connectivity index (χ2n) is 6.46. The topological polar surface area (TPSA) is 37.3 Å². The second kappa shape index (κ2) is 3.75. The molecule has 0 amide bonds. The number of hydrogen-bond donors (Lipinski definition) is 1. The molecule has 3 rings (SSSR count). The van der Waals surface area contributed by atoms with Crippen molar-refractivity contribution in [3.05, 3.63) is 0 Å². The Kier molecular flexibility index (Phi) is 2.49. The van der Waals surface area contributed by atoms with Gasteiger partial charge in [0.15, 0.2) is 0 Å². The van der Waals surface area contributed by atoms with Crippen LogP contribution < -0.4 is 0 Å². The van der Waals surface area contributed by atoms with Crippen LogP contribution in [-0.4, -0.2) is 11.1 Å². The molecule has 2 unspecified atom stereocenters. The average molecular weight is 222 g/mol. The third-order valence-electron chi connectivity index (χ3n) is 5.23. The molecule has 3 aliphatic carbocycles. The van der Waals surface area contributed by atoms with Crippen LogP contribution >= 0.6 is 0 Å². The molecule has 1 N–H and O–H groups in total. The van der Waals surface area contributed by atoms with Crippen molar-refractivity contribution in [2.24, 2.45) is 23.2 Å². The minimum atomic E-state index is -0.495. The number of rotatable bonds is 3. The molecule has 3 fully saturated rings. The molecule has 0 radical (unpaired) electrons. The van der Waals surface area contributed by atoms with Crippen LogP contribution in [0.15, 0.2) is 0 Å². The van der Waals surface area contributed by atoms with E-state index in [2.05, 4.69) is 0 Å². The van der Waals surface area contributed by atoms with Gasteiger partial charge in [0.2, 0.25) is 0 Å². The highest BCUT2D eigenvalue weighted by atomic mass is 16.4. The molecular formula is C14H22O2. The summed E-state index contributed by atoms with van der Waals surface area (Å²) in [6.45, 7) is 0. The summed E-state index contributed by atoms with van der Waals surface area (Å²) < 4.78 is 0. The monoisotopic (exact) mass is 222 g/mol. The number of fused-ring (bicyclic) bond motifs is 1. The maximum Gasteiger partial charge on any atom is 0.309 e. The van der Waals surface area contributed by atoms with Gasteiger partial charge in [-0.3, -0.25) is 4.79 Å². The summed E-state index contributed by atoms with van der Waals surface area (Å²) in [4.78, 5) is 11.6. The molecule has 0 heterocycles. The molecule has 2 heteroatoms. The van der Waals surface area contributed by atoms with E-state index in [9.17, 15) is 9.90 Å². The van der Waals surface area contributed by atoms with Gasteiger partial charge < -0.3 is 5.11 Å². The third-order valence-corrected chi connectivity index (χ3v) is 5.23. The van der Waals surface area contributed by atoms with Gasteiger partial charge in [0.1, 0.15) is 0 Å². The molecule has 0 bridgehead atoms. The first-order chi connectivity index (χ1) is 7.70. The lowest BCUT2D eigenvalue weighted by atomic mass is 9.72.